The Morgan fingerprint density at radius 3 is 2.68 bits per heavy atom. The van der Waals surface area contributed by atoms with Gasteiger partial charge in [-0.25, -0.2) is 9.37 Å². The topological polar surface area (TPSA) is 71.5 Å². The summed E-state index contributed by atoms with van der Waals surface area (Å²) in [5, 5.41) is 12.6. The van der Waals surface area contributed by atoms with E-state index in [1.165, 1.54) is 18.2 Å². The lowest BCUT2D eigenvalue weighted by molar-refractivity contribution is 0.0234. The molecule has 3 rings (SSSR count). The summed E-state index contributed by atoms with van der Waals surface area (Å²) in [6.07, 6.45) is 2.59. The molecule has 25 heavy (non-hydrogen) atoms. The molecule has 1 heterocycles. The van der Waals surface area contributed by atoms with Crippen LogP contribution in [0.25, 0.3) is 0 Å². The van der Waals surface area contributed by atoms with Gasteiger partial charge in [0.05, 0.1) is 19.3 Å². The molecule has 0 spiro atoms. The highest BCUT2D eigenvalue weighted by Gasteiger charge is 2.36. The summed E-state index contributed by atoms with van der Waals surface area (Å²) in [4.78, 5) is 16.8. The monoisotopic (exact) mass is 344 g/mol. The van der Waals surface area contributed by atoms with Crippen molar-refractivity contribution >= 4 is 5.91 Å². The highest BCUT2D eigenvalue weighted by molar-refractivity contribution is 5.94. The molecule has 0 radical (unpaired) electrons. The number of aromatic nitrogens is 1. The van der Waals surface area contributed by atoms with Crippen molar-refractivity contribution in [1.29, 1.82) is 0 Å². The largest absolute Gasteiger partial charge is 0.481 e. The third-order valence-electron chi connectivity index (χ3n) is 4.66. The normalized spacial score (nSPS) is 20.5. The lowest BCUT2D eigenvalue weighted by Crippen LogP contribution is -2.41. The summed E-state index contributed by atoms with van der Waals surface area (Å²) in [5.41, 5.74) is 1.68. The van der Waals surface area contributed by atoms with Crippen LogP contribution in [0.1, 0.15) is 40.4 Å². The number of nitrogens with one attached hydrogen (secondary N) is 1. The predicted molar refractivity (Wildman–Crippen MR) is 90.9 cm³/mol. The number of benzene rings is 1. The Hall–Kier alpha value is -2.47. The van der Waals surface area contributed by atoms with Gasteiger partial charge in [-0.3, -0.25) is 4.79 Å². The predicted octanol–water partition coefficient (Wildman–Crippen LogP) is 2.78. The number of aliphatic hydroxyl groups is 1. The summed E-state index contributed by atoms with van der Waals surface area (Å²) in [5.74, 6) is 0.0206. The summed E-state index contributed by atoms with van der Waals surface area (Å²) in [7, 11) is 1.54. The van der Waals surface area contributed by atoms with Crippen LogP contribution < -0.4 is 10.1 Å². The molecular formula is C19H21FN2O3. The zero-order chi connectivity index (χ0) is 18.0. The first-order valence-electron chi connectivity index (χ1n) is 8.23. The summed E-state index contributed by atoms with van der Waals surface area (Å²) < 4.78 is 18.5. The first-order chi connectivity index (χ1) is 12.0. The van der Waals surface area contributed by atoms with E-state index in [0.717, 1.165) is 5.56 Å². The molecule has 1 aromatic heterocycles. The minimum absolute atomic E-state index is 0.135. The van der Waals surface area contributed by atoms with E-state index in [1.807, 2.05) is 6.07 Å². The highest BCUT2D eigenvalue weighted by Crippen LogP contribution is 2.38. The van der Waals surface area contributed by atoms with Gasteiger partial charge in [0.1, 0.15) is 5.82 Å². The average molecular weight is 344 g/mol. The van der Waals surface area contributed by atoms with E-state index in [2.05, 4.69) is 10.3 Å². The van der Waals surface area contributed by atoms with E-state index >= 15 is 0 Å². The first kappa shape index (κ1) is 17.4. The van der Waals surface area contributed by atoms with Gasteiger partial charge in [0.15, 0.2) is 0 Å². The summed E-state index contributed by atoms with van der Waals surface area (Å²) >= 11 is 0. The molecule has 6 heteroatoms. The maximum atomic E-state index is 13.4. The van der Waals surface area contributed by atoms with Crippen molar-refractivity contribution in [2.24, 2.45) is 5.92 Å². The van der Waals surface area contributed by atoms with Crippen molar-refractivity contribution in [2.75, 3.05) is 7.11 Å². The molecule has 1 aliphatic rings. The van der Waals surface area contributed by atoms with Gasteiger partial charge in [-0.2, -0.15) is 0 Å². The van der Waals surface area contributed by atoms with Gasteiger partial charge in [0.25, 0.3) is 5.91 Å². The molecule has 1 fully saturated rings. The number of pyridine rings is 1. The minimum atomic E-state index is -0.338. The molecule has 2 aromatic rings. The van der Waals surface area contributed by atoms with Crippen LogP contribution in [-0.4, -0.2) is 29.2 Å². The average Bonchev–Trinajstić information content (AvgIpc) is 2.59. The van der Waals surface area contributed by atoms with Crippen LogP contribution in [0.3, 0.4) is 0 Å². The SMILES string of the molecule is COc1ccc([C@H](NC(=O)c2ccc(F)c(C)c2)C2CC(O)C2)cn1. The standard InChI is InChI=1S/C19H21FN2O3/c1-11-7-12(3-5-16(11)20)19(24)22-18(14-8-15(23)9-14)13-4-6-17(25-2)21-10-13/h3-7,10,14-15,18,23H,8-9H2,1-2H3,(H,22,24)/t14?,15?,18-/m0/s1. The van der Waals surface area contributed by atoms with Gasteiger partial charge in [-0.1, -0.05) is 6.07 Å². The lowest BCUT2D eigenvalue weighted by atomic mass is 9.75. The molecule has 1 aliphatic carbocycles. The third-order valence-corrected chi connectivity index (χ3v) is 4.66. The Kier molecular flexibility index (Phi) is 4.99. The van der Waals surface area contributed by atoms with Crippen LogP contribution in [0.15, 0.2) is 36.5 Å². The zero-order valence-electron chi connectivity index (χ0n) is 14.2. The molecule has 1 saturated carbocycles. The van der Waals surface area contributed by atoms with Crippen molar-refractivity contribution in [1.82, 2.24) is 10.3 Å². The molecule has 0 bridgehead atoms. The van der Waals surface area contributed by atoms with Crippen molar-refractivity contribution in [2.45, 2.75) is 31.9 Å². The number of carbonyl (C=O) groups is 1. The van der Waals surface area contributed by atoms with E-state index in [-0.39, 0.29) is 29.8 Å². The number of methoxy groups -OCH3 is 1. The number of carbonyl (C=O) groups excluding carboxylic acids is 1. The first-order valence-corrected chi connectivity index (χ1v) is 8.23. The summed E-state index contributed by atoms with van der Waals surface area (Å²) in [6, 6.07) is 7.63. The Morgan fingerprint density at radius 2 is 2.12 bits per heavy atom. The van der Waals surface area contributed by atoms with Crippen LogP contribution in [0, 0.1) is 18.7 Å². The summed E-state index contributed by atoms with van der Waals surface area (Å²) in [6.45, 7) is 1.62. The lowest BCUT2D eigenvalue weighted by Gasteiger charge is -2.38. The van der Waals surface area contributed by atoms with E-state index in [4.69, 9.17) is 4.74 Å². The van der Waals surface area contributed by atoms with Crippen LogP contribution >= 0.6 is 0 Å². The fourth-order valence-electron chi connectivity index (χ4n) is 3.08. The van der Waals surface area contributed by atoms with Crippen molar-refractivity contribution in [3.05, 3.63) is 59.0 Å². The molecule has 0 saturated heterocycles. The Balaban J connectivity index is 1.81. The number of rotatable bonds is 5. The second-order valence-corrected chi connectivity index (χ2v) is 6.43. The van der Waals surface area contributed by atoms with E-state index in [0.29, 0.717) is 29.8 Å². The Bertz CT molecular complexity index is 758. The van der Waals surface area contributed by atoms with Gasteiger partial charge >= 0.3 is 0 Å². The smallest absolute Gasteiger partial charge is 0.251 e. The van der Waals surface area contributed by atoms with Crippen molar-refractivity contribution < 1.29 is 19.0 Å². The second-order valence-electron chi connectivity index (χ2n) is 6.43. The number of ether oxygens (including phenoxy) is 1. The van der Waals surface area contributed by atoms with Crippen LogP contribution in [0.4, 0.5) is 4.39 Å². The minimum Gasteiger partial charge on any atom is -0.481 e. The van der Waals surface area contributed by atoms with Gasteiger partial charge in [-0.05, 0) is 55.0 Å². The maximum Gasteiger partial charge on any atom is 0.251 e. The fraction of sp³-hybridized carbons (Fsp3) is 0.368. The van der Waals surface area contributed by atoms with E-state index < -0.39 is 0 Å². The molecule has 2 N–H and O–H groups in total. The molecule has 1 aromatic carbocycles. The van der Waals surface area contributed by atoms with E-state index in [9.17, 15) is 14.3 Å². The van der Waals surface area contributed by atoms with Gasteiger partial charge in [-0.15, -0.1) is 0 Å². The molecule has 5 nitrogen and oxygen atoms in total. The van der Waals surface area contributed by atoms with Gasteiger partial charge in [0, 0.05) is 17.8 Å². The zero-order valence-corrected chi connectivity index (χ0v) is 14.2. The fourth-order valence-corrected chi connectivity index (χ4v) is 3.08. The van der Waals surface area contributed by atoms with E-state index in [1.54, 1.807) is 26.3 Å². The van der Waals surface area contributed by atoms with Crippen molar-refractivity contribution in [3.63, 3.8) is 0 Å². The number of aryl methyl sites for hydroxylation is 1. The molecule has 0 unspecified atom stereocenters. The second kappa shape index (κ2) is 7.19. The van der Waals surface area contributed by atoms with Crippen LogP contribution in [0.2, 0.25) is 0 Å². The van der Waals surface area contributed by atoms with Crippen LogP contribution in [0.5, 0.6) is 5.88 Å². The molecule has 1 atom stereocenters. The number of aliphatic hydroxyl groups excluding tert-OH is 1. The number of hydrogen-bond acceptors (Lipinski definition) is 4. The van der Waals surface area contributed by atoms with Crippen LogP contribution in [-0.2, 0) is 0 Å². The Labute approximate surface area is 145 Å². The number of hydrogen-bond donors (Lipinski definition) is 2. The van der Waals surface area contributed by atoms with Gasteiger partial charge in [0.2, 0.25) is 5.88 Å². The highest BCUT2D eigenvalue weighted by atomic mass is 19.1. The quantitative estimate of drug-likeness (QED) is 0.875. The molecule has 0 aliphatic heterocycles. The number of nitrogens with zero attached hydrogens (tertiary/aromatic N) is 1. The van der Waals surface area contributed by atoms with Gasteiger partial charge < -0.3 is 15.2 Å². The van der Waals surface area contributed by atoms with Crippen molar-refractivity contribution in [3.8, 4) is 5.88 Å². The molecule has 132 valence electrons. The number of halogens is 1. The maximum absolute atomic E-state index is 13.4. The molecule has 1 amide bonds. The number of amides is 1. The third kappa shape index (κ3) is 3.79. The Morgan fingerprint density at radius 1 is 1.36 bits per heavy atom. The molecular weight excluding hydrogens is 323 g/mol.